The van der Waals surface area contributed by atoms with Crippen molar-refractivity contribution in [2.75, 3.05) is 28.4 Å². The van der Waals surface area contributed by atoms with Gasteiger partial charge < -0.3 is 18.9 Å². The SMILES string of the molecule is COc1cccc(-n2ccnc2-c2cc(OC)c(OC)c(OC)c2)c1. The molecule has 6 heteroatoms. The van der Waals surface area contributed by atoms with Crippen molar-refractivity contribution in [2.24, 2.45) is 0 Å². The largest absolute Gasteiger partial charge is 0.497 e. The molecule has 0 radical (unpaired) electrons. The molecule has 0 saturated heterocycles. The lowest BCUT2D eigenvalue weighted by molar-refractivity contribution is 0.324. The molecule has 3 rings (SSSR count). The van der Waals surface area contributed by atoms with E-state index in [1.807, 2.05) is 47.2 Å². The maximum Gasteiger partial charge on any atom is 0.203 e. The van der Waals surface area contributed by atoms with Crippen molar-refractivity contribution in [2.45, 2.75) is 0 Å². The van der Waals surface area contributed by atoms with Crippen LogP contribution in [0.5, 0.6) is 23.0 Å². The van der Waals surface area contributed by atoms with E-state index in [0.717, 1.165) is 22.8 Å². The Kier molecular flexibility index (Phi) is 4.79. The number of rotatable bonds is 6. The third kappa shape index (κ3) is 3.10. The lowest BCUT2D eigenvalue weighted by Gasteiger charge is -2.15. The van der Waals surface area contributed by atoms with Gasteiger partial charge in [-0.15, -0.1) is 0 Å². The average Bonchev–Trinajstić information content (AvgIpc) is 3.16. The molecule has 0 N–H and O–H groups in total. The Labute approximate surface area is 146 Å². The topological polar surface area (TPSA) is 54.7 Å². The zero-order chi connectivity index (χ0) is 17.8. The van der Waals surface area contributed by atoms with Gasteiger partial charge in [0, 0.05) is 24.0 Å². The van der Waals surface area contributed by atoms with Crippen molar-refractivity contribution in [3.8, 4) is 40.1 Å². The second kappa shape index (κ2) is 7.17. The Morgan fingerprint density at radius 3 is 2.16 bits per heavy atom. The van der Waals surface area contributed by atoms with E-state index in [1.165, 1.54) is 0 Å². The Balaban J connectivity index is 2.14. The predicted molar refractivity (Wildman–Crippen MR) is 95.2 cm³/mol. The summed E-state index contributed by atoms with van der Waals surface area (Å²) in [6.45, 7) is 0. The van der Waals surface area contributed by atoms with Gasteiger partial charge in [0.1, 0.15) is 11.6 Å². The predicted octanol–water partition coefficient (Wildman–Crippen LogP) is 3.57. The minimum atomic E-state index is 0.549. The molecule has 25 heavy (non-hydrogen) atoms. The van der Waals surface area contributed by atoms with Crippen LogP contribution in [0.1, 0.15) is 0 Å². The van der Waals surface area contributed by atoms with Crippen molar-refractivity contribution in [1.29, 1.82) is 0 Å². The number of methoxy groups -OCH3 is 4. The molecule has 0 aliphatic carbocycles. The fourth-order valence-electron chi connectivity index (χ4n) is 2.70. The van der Waals surface area contributed by atoms with Crippen LogP contribution in [0.2, 0.25) is 0 Å². The molecule has 3 aromatic rings. The second-order valence-corrected chi connectivity index (χ2v) is 5.24. The Morgan fingerprint density at radius 2 is 1.56 bits per heavy atom. The van der Waals surface area contributed by atoms with Crippen LogP contribution >= 0.6 is 0 Å². The zero-order valence-electron chi connectivity index (χ0n) is 14.6. The first-order valence-electron chi connectivity index (χ1n) is 7.70. The molecule has 0 unspecified atom stereocenters. The van der Waals surface area contributed by atoms with Crippen LogP contribution in [-0.2, 0) is 0 Å². The minimum absolute atomic E-state index is 0.549. The van der Waals surface area contributed by atoms with Gasteiger partial charge in [0.05, 0.1) is 34.1 Å². The Hall–Kier alpha value is -3.15. The third-order valence-electron chi connectivity index (χ3n) is 3.90. The molecule has 6 nitrogen and oxygen atoms in total. The van der Waals surface area contributed by atoms with Gasteiger partial charge in [-0.05, 0) is 24.3 Å². The molecule has 0 aliphatic rings. The normalized spacial score (nSPS) is 10.4. The number of hydrogen-bond donors (Lipinski definition) is 0. The van der Waals surface area contributed by atoms with Crippen LogP contribution in [0.3, 0.4) is 0 Å². The minimum Gasteiger partial charge on any atom is -0.497 e. The molecule has 2 aromatic carbocycles. The highest BCUT2D eigenvalue weighted by atomic mass is 16.5. The zero-order valence-corrected chi connectivity index (χ0v) is 14.6. The fraction of sp³-hybridized carbons (Fsp3) is 0.211. The summed E-state index contributed by atoms with van der Waals surface area (Å²) >= 11 is 0. The van der Waals surface area contributed by atoms with E-state index in [4.69, 9.17) is 18.9 Å². The van der Waals surface area contributed by atoms with Gasteiger partial charge >= 0.3 is 0 Å². The Morgan fingerprint density at radius 1 is 0.840 bits per heavy atom. The van der Waals surface area contributed by atoms with Crippen LogP contribution in [0.25, 0.3) is 17.1 Å². The summed E-state index contributed by atoms with van der Waals surface area (Å²) in [5.41, 5.74) is 1.79. The van der Waals surface area contributed by atoms with Crippen molar-refractivity contribution >= 4 is 0 Å². The van der Waals surface area contributed by atoms with Gasteiger partial charge in [0.15, 0.2) is 11.5 Å². The molecule has 130 valence electrons. The molecule has 0 fully saturated rings. The summed E-state index contributed by atoms with van der Waals surface area (Å²) in [5, 5.41) is 0. The average molecular weight is 340 g/mol. The van der Waals surface area contributed by atoms with Crippen LogP contribution in [-0.4, -0.2) is 38.0 Å². The van der Waals surface area contributed by atoms with Gasteiger partial charge in [-0.1, -0.05) is 6.07 Å². The van der Waals surface area contributed by atoms with Crippen LogP contribution in [0.15, 0.2) is 48.8 Å². The van der Waals surface area contributed by atoms with Crippen molar-refractivity contribution in [3.63, 3.8) is 0 Å². The summed E-state index contributed by atoms with van der Waals surface area (Å²) in [7, 11) is 6.41. The van der Waals surface area contributed by atoms with E-state index in [-0.39, 0.29) is 0 Å². The summed E-state index contributed by atoms with van der Waals surface area (Å²) in [6.07, 6.45) is 3.64. The van der Waals surface area contributed by atoms with E-state index in [1.54, 1.807) is 34.6 Å². The molecule has 1 heterocycles. The quantitative estimate of drug-likeness (QED) is 0.686. The number of nitrogens with zero attached hydrogens (tertiary/aromatic N) is 2. The van der Waals surface area contributed by atoms with E-state index in [9.17, 15) is 0 Å². The van der Waals surface area contributed by atoms with E-state index in [2.05, 4.69) is 4.98 Å². The molecule has 0 spiro atoms. The number of benzene rings is 2. The second-order valence-electron chi connectivity index (χ2n) is 5.24. The highest BCUT2D eigenvalue weighted by Gasteiger charge is 2.17. The molecule has 0 aliphatic heterocycles. The molecular formula is C19H20N2O4. The van der Waals surface area contributed by atoms with Crippen molar-refractivity contribution < 1.29 is 18.9 Å². The van der Waals surface area contributed by atoms with Gasteiger partial charge in [0.25, 0.3) is 0 Å². The lowest BCUT2D eigenvalue weighted by Crippen LogP contribution is -1.99. The third-order valence-corrected chi connectivity index (χ3v) is 3.90. The first-order valence-corrected chi connectivity index (χ1v) is 7.70. The lowest BCUT2D eigenvalue weighted by atomic mass is 10.1. The maximum atomic E-state index is 5.44. The molecule has 0 amide bonds. The van der Waals surface area contributed by atoms with Gasteiger partial charge in [0.2, 0.25) is 5.75 Å². The summed E-state index contributed by atoms with van der Waals surface area (Å²) < 4.78 is 23.5. The number of ether oxygens (including phenoxy) is 4. The highest BCUT2D eigenvalue weighted by Crippen LogP contribution is 2.41. The molecule has 0 saturated carbocycles. The van der Waals surface area contributed by atoms with Gasteiger partial charge in [-0.3, -0.25) is 4.57 Å². The van der Waals surface area contributed by atoms with E-state index >= 15 is 0 Å². The van der Waals surface area contributed by atoms with Crippen LogP contribution < -0.4 is 18.9 Å². The van der Waals surface area contributed by atoms with Gasteiger partial charge in [-0.2, -0.15) is 0 Å². The monoisotopic (exact) mass is 340 g/mol. The molecule has 0 bridgehead atoms. The van der Waals surface area contributed by atoms with E-state index in [0.29, 0.717) is 17.2 Å². The Bertz CT molecular complexity index is 848. The van der Waals surface area contributed by atoms with Crippen LogP contribution in [0.4, 0.5) is 0 Å². The molecule has 1 aromatic heterocycles. The molecule has 0 atom stereocenters. The van der Waals surface area contributed by atoms with Crippen LogP contribution in [0, 0.1) is 0 Å². The summed E-state index contributed by atoms with van der Waals surface area (Å²) in [6, 6.07) is 11.5. The first-order chi connectivity index (χ1) is 12.2. The molecular weight excluding hydrogens is 320 g/mol. The maximum absolute atomic E-state index is 5.44. The van der Waals surface area contributed by atoms with E-state index < -0.39 is 0 Å². The number of aromatic nitrogens is 2. The van der Waals surface area contributed by atoms with Gasteiger partial charge in [-0.25, -0.2) is 4.98 Å². The van der Waals surface area contributed by atoms with Crippen molar-refractivity contribution in [3.05, 3.63) is 48.8 Å². The number of imidazole rings is 1. The first kappa shape index (κ1) is 16.7. The standard InChI is InChI=1S/C19H20N2O4/c1-22-15-7-5-6-14(12-15)21-9-8-20-19(21)13-10-16(23-2)18(25-4)17(11-13)24-3/h5-12H,1-4H3. The number of hydrogen-bond acceptors (Lipinski definition) is 5. The van der Waals surface area contributed by atoms with Crippen molar-refractivity contribution in [1.82, 2.24) is 9.55 Å². The summed E-state index contributed by atoms with van der Waals surface area (Å²) in [5.74, 6) is 3.25. The smallest absolute Gasteiger partial charge is 0.203 e. The fourth-order valence-corrected chi connectivity index (χ4v) is 2.70. The summed E-state index contributed by atoms with van der Waals surface area (Å²) in [4.78, 5) is 4.49. The highest BCUT2D eigenvalue weighted by molar-refractivity contribution is 5.68.